The Morgan fingerprint density at radius 1 is 0.273 bits per heavy atom. The second-order valence-electron chi connectivity index (χ2n) is 22.0. The molecule has 0 N–H and O–H groups in total. The number of carbonyl (C=O) groups is 3. The van der Waals surface area contributed by atoms with Crippen molar-refractivity contribution in [2.45, 2.75) is 335 Å². The van der Waals surface area contributed by atoms with E-state index in [0.717, 1.165) is 109 Å². The molecule has 0 aliphatic heterocycles. The highest BCUT2D eigenvalue weighted by Crippen LogP contribution is 2.17. The summed E-state index contributed by atoms with van der Waals surface area (Å²) in [5.74, 6) is -0.863. The topological polar surface area (TPSA) is 78.9 Å². The van der Waals surface area contributed by atoms with Crippen molar-refractivity contribution in [3.05, 3.63) is 85.1 Å². The highest BCUT2D eigenvalue weighted by atomic mass is 16.6. The SMILES string of the molecule is CC/C=C\C/C=C\C/C=C\C/C=C\C/C=C\C/C=C\C/C=C\CCCCCCCCCCCC(=O)OCC(COC(=O)CCCCCCCCCCCCC)OC(=O)CCCCCCCCCCCCCCCCCCC. The molecule has 77 heavy (non-hydrogen) atoms. The Morgan fingerprint density at radius 2 is 0.506 bits per heavy atom. The van der Waals surface area contributed by atoms with Crippen molar-refractivity contribution < 1.29 is 28.6 Å². The van der Waals surface area contributed by atoms with Gasteiger partial charge in [0.15, 0.2) is 6.10 Å². The van der Waals surface area contributed by atoms with Gasteiger partial charge in [0.05, 0.1) is 0 Å². The van der Waals surface area contributed by atoms with E-state index in [-0.39, 0.29) is 31.1 Å². The van der Waals surface area contributed by atoms with Crippen molar-refractivity contribution >= 4 is 17.9 Å². The van der Waals surface area contributed by atoms with Gasteiger partial charge in [-0.1, -0.05) is 318 Å². The number of esters is 3. The number of unbranched alkanes of at least 4 members (excludes halogenated alkanes) is 35. The minimum absolute atomic E-state index is 0.0727. The van der Waals surface area contributed by atoms with E-state index in [1.54, 1.807) is 0 Å². The largest absolute Gasteiger partial charge is 0.462 e. The van der Waals surface area contributed by atoms with Gasteiger partial charge in [-0.05, 0) is 77.0 Å². The lowest BCUT2D eigenvalue weighted by molar-refractivity contribution is -0.167. The van der Waals surface area contributed by atoms with E-state index in [2.05, 4.69) is 106 Å². The first-order valence-corrected chi connectivity index (χ1v) is 33.1. The van der Waals surface area contributed by atoms with Crippen molar-refractivity contribution in [3.63, 3.8) is 0 Å². The molecule has 0 saturated carbocycles. The van der Waals surface area contributed by atoms with Crippen LogP contribution in [0.5, 0.6) is 0 Å². The van der Waals surface area contributed by atoms with Crippen LogP contribution in [0.4, 0.5) is 0 Å². The normalized spacial score (nSPS) is 12.6. The Kier molecular flexibility index (Phi) is 62.2. The second kappa shape index (κ2) is 65.1. The smallest absolute Gasteiger partial charge is 0.306 e. The summed E-state index contributed by atoms with van der Waals surface area (Å²) < 4.78 is 16.9. The van der Waals surface area contributed by atoms with Crippen LogP contribution in [0.2, 0.25) is 0 Å². The van der Waals surface area contributed by atoms with Gasteiger partial charge in [0.1, 0.15) is 13.2 Å². The summed E-state index contributed by atoms with van der Waals surface area (Å²) >= 11 is 0. The molecule has 0 rings (SSSR count). The molecule has 0 aromatic carbocycles. The van der Waals surface area contributed by atoms with Gasteiger partial charge in [0.25, 0.3) is 0 Å². The standard InChI is InChI=1S/C71H124O6/c1-4-7-10-13-16-19-22-24-26-28-29-30-31-32-33-34-35-36-37-38-39-40-41-43-44-46-49-52-55-58-61-64-70(73)76-67-68(66-75-69(72)63-60-57-54-51-48-21-18-15-12-9-6-3)77-71(74)65-62-59-56-53-50-47-45-42-27-25-23-20-17-14-11-8-5-2/h7,10,16,19,24,26,29-30,32-33,35-36,38-39,68H,4-6,8-9,11-15,17-18,20-23,25,27-28,31,34,37,40-67H2,1-3H3/b10-7-,19-16-,26-24-,30-29-,33-32-,36-35-,39-38-. The Balaban J connectivity index is 4.22. The molecule has 0 saturated heterocycles. The summed E-state index contributed by atoms with van der Waals surface area (Å²) in [6.45, 7) is 6.55. The molecule has 0 aromatic heterocycles. The van der Waals surface area contributed by atoms with Crippen molar-refractivity contribution in [1.29, 1.82) is 0 Å². The number of rotatable bonds is 60. The minimum Gasteiger partial charge on any atom is -0.462 e. The number of carbonyl (C=O) groups excluding carboxylic acids is 3. The summed E-state index contributed by atoms with van der Waals surface area (Å²) in [7, 11) is 0. The first kappa shape index (κ1) is 73.6. The predicted octanol–water partition coefficient (Wildman–Crippen LogP) is 22.7. The van der Waals surface area contributed by atoms with Gasteiger partial charge < -0.3 is 14.2 Å². The van der Waals surface area contributed by atoms with Crippen LogP contribution in [0, 0.1) is 0 Å². The molecule has 0 fully saturated rings. The zero-order valence-corrected chi connectivity index (χ0v) is 51.0. The fourth-order valence-corrected chi connectivity index (χ4v) is 9.48. The molecule has 0 bridgehead atoms. The average molecular weight is 1070 g/mol. The lowest BCUT2D eigenvalue weighted by Crippen LogP contribution is -2.30. The Labute approximate surface area is 477 Å². The van der Waals surface area contributed by atoms with E-state index >= 15 is 0 Å². The van der Waals surface area contributed by atoms with Crippen molar-refractivity contribution in [2.24, 2.45) is 0 Å². The van der Waals surface area contributed by atoms with Crippen LogP contribution in [-0.4, -0.2) is 37.2 Å². The maximum atomic E-state index is 12.9. The lowest BCUT2D eigenvalue weighted by atomic mass is 10.0. The molecule has 444 valence electrons. The van der Waals surface area contributed by atoms with Gasteiger partial charge in [0, 0.05) is 19.3 Å². The summed E-state index contributed by atoms with van der Waals surface area (Å²) in [5, 5.41) is 0. The number of hydrogen-bond acceptors (Lipinski definition) is 6. The summed E-state index contributed by atoms with van der Waals surface area (Å²) in [6.07, 6.45) is 86.0. The molecule has 1 unspecified atom stereocenters. The number of ether oxygens (including phenoxy) is 3. The molecule has 1 atom stereocenters. The number of allylic oxidation sites excluding steroid dienone is 14. The molecule has 0 amide bonds. The van der Waals surface area contributed by atoms with Gasteiger partial charge in [-0.15, -0.1) is 0 Å². The fourth-order valence-electron chi connectivity index (χ4n) is 9.48. The van der Waals surface area contributed by atoms with Gasteiger partial charge >= 0.3 is 17.9 Å². The molecule has 0 heterocycles. The van der Waals surface area contributed by atoms with Gasteiger partial charge in [-0.2, -0.15) is 0 Å². The van der Waals surface area contributed by atoms with E-state index in [9.17, 15) is 14.4 Å². The molecular weight excluding hydrogens is 949 g/mol. The third-order valence-electron chi connectivity index (χ3n) is 14.4. The van der Waals surface area contributed by atoms with Crippen LogP contribution in [0.15, 0.2) is 85.1 Å². The monoisotopic (exact) mass is 1070 g/mol. The Bertz CT molecular complexity index is 1470. The Morgan fingerprint density at radius 3 is 0.792 bits per heavy atom. The second-order valence-corrected chi connectivity index (χ2v) is 22.0. The van der Waals surface area contributed by atoms with Crippen LogP contribution < -0.4 is 0 Å². The molecule has 6 nitrogen and oxygen atoms in total. The summed E-state index contributed by atoms with van der Waals surface area (Å²) in [4.78, 5) is 38.3. The maximum absolute atomic E-state index is 12.9. The van der Waals surface area contributed by atoms with Crippen LogP contribution in [0.25, 0.3) is 0 Å². The highest BCUT2D eigenvalue weighted by Gasteiger charge is 2.19. The minimum atomic E-state index is -0.775. The zero-order valence-electron chi connectivity index (χ0n) is 51.0. The fraction of sp³-hybridized carbons (Fsp3) is 0.761. The average Bonchev–Trinajstić information content (AvgIpc) is 3.43. The highest BCUT2D eigenvalue weighted by molar-refractivity contribution is 5.71. The number of hydrogen-bond donors (Lipinski definition) is 0. The lowest BCUT2D eigenvalue weighted by Gasteiger charge is -2.18. The third kappa shape index (κ3) is 63.3. The summed E-state index contributed by atoms with van der Waals surface area (Å²) in [5.41, 5.74) is 0. The van der Waals surface area contributed by atoms with E-state index in [1.165, 1.54) is 180 Å². The Hall–Kier alpha value is -3.41. The molecule has 6 heteroatoms. The molecule has 0 radical (unpaired) electrons. The molecule has 0 aliphatic rings. The van der Waals surface area contributed by atoms with Crippen LogP contribution >= 0.6 is 0 Å². The molecule has 0 spiro atoms. The molecule has 0 aliphatic carbocycles. The third-order valence-corrected chi connectivity index (χ3v) is 14.4. The summed E-state index contributed by atoms with van der Waals surface area (Å²) in [6, 6.07) is 0. The van der Waals surface area contributed by atoms with Gasteiger partial charge in [-0.25, -0.2) is 0 Å². The first-order valence-electron chi connectivity index (χ1n) is 33.1. The van der Waals surface area contributed by atoms with Crippen LogP contribution in [0.1, 0.15) is 329 Å². The van der Waals surface area contributed by atoms with Crippen LogP contribution in [-0.2, 0) is 28.6 Å². The maximum Gasteiger partial charge on any atom is 0.306 e. The van der Waals surface area contributed by atoms with Gasteiger partial charge in [-0.3, -0.25) is 14.4 Å². The van der Waals surface area contributed by atoms with Crippen molar-refractivity contribution in [1.82, 2.24) is 0 Å². The zero-order chi connectivity index (χ0) is 55.7. The van der Waals surface area contributed by atoms with Crippen molar-refractivity contribution in [3.8, 4) is 0 Å². The van der Waals surface area contributed by atoms with E-state index in [1.807, 2.05) is 0 Å². The van der Waals surface area contributed by atoms with E-state index < -0.39 is 6.10 Å². The van der Waals surface area contributed by atoms with Crippen molar-refractivity contribution in [2.75, 3.05) is 13.2 Å². The molecular formula is C71H124O6. The predicted molar refractivity (Wildman–Crippen MR) is 334 cm³/mol. The molecule has 0 aromatic rings. The van der Waals surface area contributed by atoms with E-state index in [4.69, 9.17) is 14.2 Å². The quantitative estimate of drug-likeness (QED) is 0.0261. The first-order chi connectivity index (χ1) is 38.0. The van der Waals surface area contributed by atoms with Crippen LogP contribution in [0.3, 0.4) is 0 Å². The van der Waals surface area contributed by atoms with Gasteiger partial charge in [0.2, 0.25) is 0 Å². The van der Waals surface area contributed by atoms with E-state index in [0.29, 0.717) is 19.3 Å².